The van der Waals surface area contributed by atoms with Crippen LogP contribution in [0.2, 0.25) is 0 Å². The van der Waals surface area contributed by atoms with Gasteiger partial charge in [-0.3, -0.25) is 0 Å². The maximum Gasteiger partial charge on any atom is 0.119 e. The fourth-order valence-corrected chi connectivity index (χ4v) is 3.69. The number of hydrogen-bond acceptors (Lipinski definition) is 2. The minimum Gasteiger partial charge on any atom is -0.497 e. The van der Waals surface area contributed by atoms with E-state index in [9.17, 15) is 0 Å². The smallest absolute Gasteiger partial charge is 0.119 e. The van der Waals surface area contributed by atoms with E-state index in [1.807, 2.05) is 12.1 Å². The third-order valence-corrected chi connectivity index (χ3v) is 5.33. The van der Waals surface area contributed by atoms with Gasteiger partial charge in [0.15, 0.2) is 0 Å². The van der Waals surface area contributed by atoms with Gasteiger partial charge in [-0.25, -0.2) is 0 Å². The van der Waals surface area contributed by atoms with E-state index >= 15 is 0 Å². The molecule has 0 aliphatic rings. The predicted molar refractivity (Wildman–Crippen MR) is 123 cm³/mol. The van der Waals surface area contributed by atoms with Crippen LogP contribution in [0.25, 0.3) is 0 Å². The number of ether oxygens (including phenoxy) is 2. The summed E-state index contributed by atoms with van der Waals surface area (Å²) in [7, 11) is 1.70. The van der Waals surface area contributed by atoms with Gasteiger partial charge in [-0.2, -0.15) is 0 Å². The molecule has 0 aliphatic carbocycles. The van der Waals surface area contributed by atoms with Crippen molar-refractivity contribution in [2.24, 2.45) is 0 Å². The molecule has 0 heterocycles. The summed E-state index contributed by atoms with van der Waals surface area (Å²) in [6, 6.07) is 25.9. The zero-order valence-electron chi connectivity index (χ0n) is 18.6. The summed E-state index contributed by atoms with van der Waals surface area (Å²) in [6.07, 6.45) is 1.28. The molecule has 3 aromatic carbocycles. The van der Waals surface area contributed by atoms with Gasteiger partial charge in [0.05, 0.1) is 19.8 Å². The van der Waals surface area contributed by atoms with E-state index in [1.54, 1.807) is 7.11 Å². The number of aryl methyl sites for hydroxylation is 1. The molecule has 3 rings (SSSR count). The van der Waals surface area contributed by atoms with Gasteiger partial charge in [0.25, 0.3) is 0 Å². The minimum absolute atomic E-state index is 0.191. The highest BCUT2D eigenvalue weighted by molar-refractivity contribution is 5.37. The molecule has 0 saturated heterocycles. The summed E-state index contributed by atoms with van der Waals surface area (Å²) in [5.41, 5.74) is 5.32. The van der Waals surface area contributed by atoms with Crippen LogP contribution in [-0.2, 0) is 6.54 Å². The third kappa shape index (κ3) is 6.36. The third-order valence-electron chi connectivity index (χ3n) is 5.33. The van der Waals surface area contributed by atoms with Crippen molar-refractivity contribution in [1.29, 1.82) is 0 Å². The molecule has 3 nitrogen and oxygen atoms in total. The van der Waals surface area contributed by atoms with E-state index in [-0.39, 0.29) is 6.10 Å². The van der Waals surface area contributed by atoms with Crippen molar-refractivity contribution >= 4 is 0 Å². The molecule has 3 heteroatoms. The molecule has 3 aromatic rings. The zero-order chi connectivity index (χ0) is 21.3. The second-order valence-electron chi connectivity index (χ2n) is 8.12. The lowest BCUT2D eigenvalue weighted by molar-refractivity contribution is -0.671. The number of methoxy groups -OCH3 is 1. The lowest BCUT2D eigenvalue weighted by Crippen LogP contribution is -2.82. The summed E-state index contributed by atoms with van der Waals surface area (Å²) >= 11 is 0. The van der Waals surface area contributed by atoms with E-state index in [0.29, 0.717) is 5.92 Å². The van der Waals surface area contributed by atoms with Gasteiger partial charge in [0, 0.05) is 17.9 Å². The zero-order valence-corrected chi connectivity index (χ0v) is 18.6. The van der Waals surface area contributed by atoms with Crippen LogP contribution in [0.3, 0.4) is 0 Å². The predicted octanol–water partition coefficient (Wildman–Crippen LogP) is 5.08. The molecule has 0 amide bonds. The summed E-state index contributed by atoms with van der Waals surface area (Å²) in [5.74, 6) is 2.22. The van der Waals surface area contributed by atoms with Crippen LogP contribution < -0.4 is 14.8 Å². The highest BCUT2D eigenvalue weighted by atomic mass is 16.5. The molecule has 0 fully saturated rings. The molecule has 0 radical (unpaired) electrons. The standard InChI is InChI=1S/C27H33NO2/c1-20(2)30-26-15-11-24(12-16-26)27(23-9-5-21(3)6-10-23)17-18-28-19-22-7-13-25(29-4)14-8-22/h5-16,20,27-28H,17-19H2,1-4H3/p+1/t27-/m1/s1. The Morgan fingerprint density at radius 3 is 1.90 bits per heavy atom. The first-order valence-electron chi connectivity index (χ1n) is 10.8. The molecule has 158 valence electrons. The SMILES string of the molecule is COc1ccc(C[NH2+]CC[C@H](c2ccc(C)cc2)c2ccc(OC(C)C)cc2)cc1. The maximum absolute atomic E-state index is 5.82. The normalized spacial score (nSPS) is 12.0. The molecule has 2 N–H and O–H groups in total. The second kappa shape index (κ2) is 10.8. The van der Waals surface area contributed by atoms with Crippen molar-refractivity contribution in [2.75, 3.05) is 13.7 Å². The Hall–Kier alpha value is -2.78. The van der Waals surface area contributed by atoms with Crippen LogP contribution in [0.15, 0.2) is 72.8 Å². The first-order chi connectivity index (χ1) is 14.5. The summed E-state index contributed by atoms with van der Waals surface area (Å²) in [6.45, 7) is 8.30. The molecule has 0 unspecified atom stereocenters. The van der Waals surface area contributed by atoms with Crippen LogP contribution >= 0.6 is 0 Å². The highest BCUT2D eigenvalue weighted by Gasteiger charge is 2.15. The molecule has 0 aliphatic heterocycles. The monoisotopic (exact) mass is 404 g/mol. The maximum atomic E-state index is 5.82. The van der Waals surface area contributed by atoms with Gasteiger partial charge in [-0.1, -0.05) is 42.0 Å². The first-order valence-corrected chi connectivity index (χ1v) is 10.8. The van der Waals surface area contributed by atoms with E-state index in [0.717, 1.165) is 31.0 Å². The van der Waals surface area contributed by atoms with Gasteiger partial charge < -0.3 is 14.8 Å². The Morgan fingerprint density at radius 2 is 1.33 bits per heavy atom. The second-order valence-corrected chi connectivity index (χ2v) is 8.12. The van der Waals surface area contributed by atoms with Crippen molar-refractivity contribution < 1.29 is 14.8 Å². The van der Waals surface area contributed by atoms with Crippen molar-refractivity contribution in [1.82, 2.24) is 0 Å². The van der Waals surface area contributed by atoms with Crippen LogP contribution in [0, 0.1) is 6.92 Å². The molecular formula is C27H34NO2+. The van der Waals surface area contributed by atoms with Crippen LogP contribution in [0.4, 0.5) is 0 Å². The number of hydrogen-bond donors (Lipinski definition) is 1. The van der Waals surface area contributed by atoms with Gasteiger partial charge >= 0.3 is 0 Å². The van der Waals surface area contributed by atoms with E-state index in [4.69, 9.17) is 9.47 Å². The van der Waals surface area contributed by atoms with Crippen LogP contribution in [-0.4, -0.2) is 19.8 Å². The molecule has 0 bridgehead atoms. The van der Waals surface area contributed by atoms with Crippen molar-refractivity contribution in [2.45, 2.75) is 45.8 Å². The first kappa shape index (κ1) is 21.9. The Morgan fingerprint density at radius 1 is 0.767 bits per heavy atom. The van der Waals surface area contributed by atoms with Gasteiger partial charge in [0.1, 0.15) is 18.0 Å². The Bertz CT molecular complexity index is 884. The van der Waals surface area contributed by atoms with Crippen molar-refractivity contribution in [3.63, 3.8) is 0 Å². The Labute approximate surface area is 181 Å². The van der Waals surface area contributed by atoms with Crippen LogP contribution in [0.1, 0.15) is 48.4 Å². The number of nitrogens with two attached hydrogens (primary N) is 1. The largest absolute Gasteiger partial charge is 0.497 e. The van der Waals surface area contributed by atoms with Crippen LogP contribution in [0.5, 0.6) is 11.5 Å². The van der Waals surface area contributed by atoms with Crippen molar-refractivity contribution in [3.8, 4) is 11.5 Å². The quantitative estimate of drug-likeness (QED) is 0.479. The Balaban J connectivity index is 1.66. The molecule has 30 heavy (non-hydrogen) atoms. The lowest BCUT2D eigenvalue weighted by atomic mass is 9.88. The van der Waals surface area contributed by atoms with E-state index < -0.39 is 0 Å². The number of benzene rings is 3. The van der Waals surface area contributed by atoms with Gasteiger partial charge in [0.2, 0.25) is 0 Å². The topological polar surface area (TPSA) is 35.1 Å². The lowest BCUT2D eigenvalue weighted by Gasteiger charge is -2.19. The summed E-state index contributed by atoms with van der Waals surface area (Å²) in [5, 5.41) is 2.39. The van der Waals surface area contributed by atoms with E-state index in [2.05, 4.69) is 86.8 Å². The van der Waals surface area contributed by atoms with Gasteiger partial charge in [-0.15, -0.1) is 0 Å². The molecule has 0 saturated carbocycles. The number of quaternary nitrogens is 1. The summed E-state index contributed by atoms with van der Waals surface area (Å²) < 4.78 is 11.1. The average Bonchev–Trinajstić information content (AvgIpc) is 2.75. The molecular weight excluding hydrogens is 370 g/mol. The average molecular weight is 405 g/mol. The Kier molecular flexibility index (Phi) is 7.92. The van der Waals surface area contributed by atoms with E-state index in [1.165, 1.54) is 22.3 Å². The van der Waals surface area contributed by atoms with Crippen molar-refractivity contribution in [3.05, 3.63) is 95.1 Å². The molecule has 0 spiro atoms. The van der Waals surface area contributed by atoms with Gasteiger partial charge in [-0.05, 0) is 68.3 Å². The molecule has 0 aromatic heterocycles. The fourth-order valence-electron chi connectivity index (χ4n) is 3.69. The summed E-state index contributed by atoms with van der Waals surface area (Å²) in [4.78, 5) is 0. The fraction of sp³-hybridized carbons (Fsp3) is 0.333. The highest BCUT2D eigenvalue weighted by Crippen LogP contribution is 2.29. The molecule has 1 atom stereocenters. The minimum atomic E-state index is 0.191. The number of rotatable bonds is 10.